The third kappa shape index (κ3) is 2.52. The Bertz CT molecular complexity index is 451. The summed E-state index contributed by atoms with van der Waals surface area (Å²) in [5, 5.41) is 3.93. The van der Waals surface area contributed by atoms with Gasteiger partial charge in [-0.15, -0.1) is 0 Å². The van der Waals surface area contributed by atoms with E-state index in [1.165, 1.54) is 0 Å². The molecule has 0 saturated carbocycles. The van der Waals surface area contributed by atoms with Gasteiger partial charge in [0.25, 0.3) is 0 Å². The zero-order chi connectivity index (χ0) is 13.2. The Kier molecular flexibility index (Phi) is 3.55. The predicted molar refractivity (Wildman–Crippen MR) is 68.5 cm³/mol. The fourth-order valence-electron chi connectivity index (χ4n) is 3.05. The molecular formula is C14H20N2O3. The highest BCUT2D eigenvalue weighted by Crippen LogP contribution is 2.34. The number of carbonyl (C=O) groups is 1. The highest BCUT2D eigenvalue weighted by atomic mass is 16.5. The zero-order valence-corrected chi connectivity index (χ0v) is 11.3. The van der Waals surface area contributed by atoms with Crippen LogP contribution < -0.4 is 0 Å². The van der Waals surface area contributed by atoms with Crippen LogP contribution in [0.5, 0.6) is 0 Å². The highest BCUT2D eigenvalue weighted by molar-refractivity contribution is 5.79. The second-order valence-electron chi connectivity index (χ2n) is 5.45. The summed E-state index contributed by atoms with van der Waals surface area (Å²) in [5.74, 6) is 1.22. The number of hydrogen-bond donors (Lipinski definition) is 0. The molecule has 1 atom stereocenters. The van der Waals surface area contributed by atoms with Crippen LogP contribution in [0.25, 0.3) is 0 Å². The number of likely N-dealkylation sites (tertiary alicyclic amines) is 1. The summed E-state index contributed by atoms with van der Waals surface area (Å²) >= 11 is 0. The Balaban J connectivity index is 1.73. The molecule has 1 aromatic rings. The van der Waals surface area contributed by atoms with Gasteiger partial charge in [-0.25, -0.2) is 0 Å². The van der Waals surface area contributed by atoms with Gasteiger partial charge in [0.05, 0.1) is 11.7 Å². The van der Waals surface area contributed by atoms with E-state index in [9.17, 15) is 4.79 Å². The van der Waals surface area contributed by atoms with Crippen LogP contribution in [-0.2, 0) is 9.53 Å². The molecule has 1 aromatic heterocycles. The van der Waals surface area contributed by atoms with Crippen molar-refractivity contribution in [3.63, 3.8) is 0 Å². The molecule has 0 spiro atoms. The molecule has 104 valence electrons. The van der Waals surface area contributed by atoms with Crippen LogP contribution in [0.1, 0.15) is 43.2 Å². The topological polar surface area (TPSA) is 55.6 Å². The second kappa shape index (κ2) is 5.33. The number of nitrogens with zero attached hydrogens (tertiary/aromatic N) is 2. The molecule has 0 N–H and O–H groups in total. The minimum Gasteiger partial charge on any atom is -0.381 e. The molecule has 2 aliphatic heterocycles. The number of aromatic nitrogens is 1. The Morgan fingerprint density at radius 2 is 2.16 bits per heavy atom. The molecule has 5 heteroatoms. The number of amides is 1. The second-order valence-corrected chi connectivity index (χ2v) is 5.45. The van der Waals surface area contributed by atoms with Gasteiger partial charge in [0.2, 0.25) is 5.91 Å². The molecule has 2 fully saturated rings. The maximum atomic E-state index is 12.6. The van der Waals surface area contributed by atoms with Gasteiger partial charge in [-0.1, -0.05) is 5.16 Å². The van der Waals surface area contributed by atoms with Crippen molar-refractivity contribution in [1.29, 1.82) is 0 Å². The van der Waals surface area contributed by atoms with Crippen molar-refractivity contribution in [3.8, 4) is 0 Å². The first-order chi connectivity index (χ1) is 9.25. The molecular weight excluding hydrogens is 244 g/mol. The fourth-order valence-corrected chi connectivity index (χ4v) is 3.05. The molecule has 19 heavy (non-hydrogen) atoms. The lowest BCUT2D eigenvalue weighted by atomic mass is 9.98. The summed E-state index contributed by atoms with van der Waals surface area (Å²) in [5.41, 5.74) is 0.875. The van der Waals surface area contributed by atoms with Crippen molar-refractivity contribution in [3.05, 3.63) is 17.5 Å². The Labute approximate surface area is 112 Å². The van der Waals surface area contributed by atoms with Crippen molar-refractivity contribution in [2.45, 2.75) is 38.6 Å². The van der Waals surface area contributed by atoms with E-state index in [1.54, 1.807) is 0 Å². The number of rotatable bonds is 2. The summed E-state index contributed by atoms with van der Waals surface area (Å²) in [7, 11) is 0. The average Bonchev–Trinajstić information content (AvgIpc) is 3.07. The van der Waals surface area contributed by atoms with Crippen molar-refractivity contribution in [2.24, 2.45) is 5.92 Å². The van der Waals surface area contributed by atoms with E-state index in [2.05, 4.69) is 5.16 Å². The molecule has 0 bridgehead atoms. The van der Waals surface area contributed by atoms with Crippen LogP contribution >= 0.6 is 0 Å². The van der Waals surface area contributed by atoms with Crippen molar-refractivity contribution < 1.29 is 14.1 Å². The van der Waals surface area contributed by atoms with Gasteiger partial charge < -0.3 is 14.2 Å². The summed E-state index contributed by atoms with van der Waals surface area (Å²) < 4.78 is 10.7. The highest BCUT2D eigenvalue weighted by Gasteiger charge is 2.36. The van der Waals surface area contributed by atoms with Crippen LogP contribution in [0.2, 0.25) is 0 Å². The van der Waals surface area contributed by atoms with Crippen LogP contribution in [0.4, 0.5) is 0 Å². The normalized spacial score (nSPS) is 24.9. The summed E-state index contributed by atoms with van der Waals surface area (Å²) in [4.78, 5) is 14.6. The van der Waals surface area contributed by atoms with Crippen molar-refractivity contribution in [1.82, 2.24) is 10.1 Å². The molecule has 2 aliphatic rings. The van der Waals surface area contributed by atoms with Crippen molar-refractivity contribution in [2.75, 3.05) is 19.8 Å². The fraction of sp³-hybridized carbons (Fsp3) is 0.714. The maximum Gasteiger partial charge on any atom is 0.226 e. The molecule has 0 radical (unpaired) electrons. The number of carbonyl (C=O) groups excluding carboxylic acids is 1. The Morgan fingerprint density at radius 1 is 1.37 bits per heavy atom. The van der Waals surface area contributed by atoms with Gasteiger partial charge in [0.1, 0.15) is 0 Å². The molecule has 3 rings (SSSR count). The first-order valence-electron chi connectivity index (χ1n) is 7.07. The van der Waals surface area contributed by atoms with E-state index < -0.39 is 0 Å². The largest absolute Gasteiger partial charge is 0.381 e. The SMILES string of the molecule is Cc1cc(C2CCCN2C(=O)C2CCOCC2)on1. The third-order valence-corrected chi connectivity index (χ3v) is 4.08. The number of hydrogen-bond acceptors (Lipinski definition) is 4. The quantitative estimate of drug-likeness (QED) is 0.820. The monoisotopic (exact) mass is 264 g/mol. The minimum atomic E-state index is 0.0801. The molecule has 0 aromatic carbocycles. The standard InChI is InChI=1S/C14H20N2O3/c1-10-9-13(19-15-10)12-3-2-6-16(12)14(17)11-4-7-18-8-5-11/h9,11-12H,2-8H2,1H3. The number of ether oxygens (including phenoxy) is 1. The lowest BCUT2D eigenvalue weighted by Gasteiger charge is -2.29. The van der Waals surface area contributed by atoms with Gasteiger partial charge in [-0.3, -0.25) is 4.79 Å². The van der Waals surface area contributed by atoms with Crippen LogP contribution in [0, 0.1) is 12.8 Å². The van der Waals surface area contributed by atoms with E-state index in [0.717, 1.165) is 43.7 Å². The smallest absolute Gasteiger partial charge is 0.226 e. The van der Waals surface area contributed by atoms with Gasteiger partial charge >= 0.3 is 0 Å². The summed E-state index contributed by atoms with van der Waals surface area (Å²) in [6.07, 6.45) is 3.71. The van der Waals surface area contributed by atoms with Gasteiger partial charge in [-0.05, 0) is 32.6 Å². The average molecular weight is 264 g/mol. The van der Waals surface area contributed by atoms with E-state index >= 15 is 0 Å². The predicted octanol–water partition coefficient (Wildman–Crippen LogP) is 2.07. The minimum absolute atomic E-state index is 0.0801. The van der Waals surface area contributed by atoms with Crippen LogP contribution in [0.3, 0.4) is 0 Å². The van der Waals surface area contributed by atoms with E-state index in [-0.39, 0.29) is 17.9 Å². The molecule has 5 nitrogen and oxygen atoms in total. The van der Waals surface area contributed by atoms with Crippen LogP contribution in [0.15, 0.2) is 10.6 Å². The zero-order valence-electron chi connectivity index (χ0n) is 11.3. The Hall–Kier alpha value is -1.36. The van der Waals surface area contributed by atoms with Gasteiger partial charge in [-0.2, -0.15) is 0 Å². The lowest BCUT2D eigenvalue weighted by molar-refractivity contribution is -0.139. The van der Waals surface area contributed by atoms with Gasteiger partial charge in [0, 0.05) is 31.7 Å². The third-order valence-electron chi connectivity index (χ3n) is 4.08. The van der Waals surface area contributed by atoms with Crippen molar-refractivity contribution >= 4 is 5.91 Å². The molecule has 1 amide bonds. The first-order valence-corrected chi connectivity index (χ1v) is 7.07. The molecule has 0 aliphatic carbocycles. The van der Waals surface area contributed by atoms with E-state index in [0.29, 0.717) is 13.2 Å². The first kappa shape index (κ1) is 12.7. The Morgan fingerprint density at radius 3 is 2.84 bits per heavy atom. The molecule has 3 heterocycles. The van der Waals surface area contributed by atoms with Gasteiger partial charge in [0.15, 0.2) is 5.76 Å². The maximum absolute atomic E-state index is 12.6. The molecule has 2 saturated heterocycles. The molecule has 1 unspecified atom stereocenters. The van der Waals surface area contributed by atoms with E-state index in [4.69, 9.17) is 9.26 Å². The lowest BCUT2D eigenvalue weighted by Crippen LogP contribution is -2.38. The summed E-state index contributed by atoms with van der Waals surface area (Å²) in [6.45, 7) is 4.15. The van der Waals surface area contributed by atoms with E-state index in [1.807, 2.05) is 17.9 Å². The summed E-state index contributed by atoms with van der Waals surface area (Å²) in [6, 6.07) is 2.02. The van der Waals surface area contributed by atoms with Crippen LogP contribution in [-0.4, -0.2) is 35.7 Å². The number of aryl methyl sites for hydroxylation is 1.